The number of rotatable bonds is 3. The van der Waals surface area contributed by atoms with Crippen LogP contribution >= 0.6 is 11.8 Å². The molecule has 0 spiro atoms. The first-order valence-electron chi connectivity index (χ1n) is 8.43. The summed E-state index contributed by atoms with van der Waals surface area (Å²) in [5.41, 5.74) is 2.27. The van der Waals surface area contributed by atoms with E-state index in [0.29, 0.717) is 24.3 Å². The van der Waals surface area contributed by atoms with Gasteiger partial charge in [-0.3, -0.25) is 0 Å². The molecule has 1 fully saturated rings. The predicted octanol–water partition coefficient (Wildman–Crippen LogP) is 4.45. The summed E-state index contributed by atoms with van der Waals surface area (Å²) < 4.78 is 54.9. The monoisotopic (exact) mass is 397 g/mol. The van der Waals surface area contributed by atoms with Crippen LogP contribution in [0.1, 0.15) is 28.4 Å². The molecule has 0 amide bonds. The van der Waals surface area contributed by atoms with Crippen molar-refractivity contribution in [2.24, 2.45) is 0 Å². The molecule has 0 bridgehead atoms. The molecule has 2 aromatic rings. The van der Waals surface area contributed by atoms with E-state index in [4.69, 9.17) is 0 Å². The maximum absolute atomic E-state index is 14.1. The summed E-state index contributed by atoms with van der Waals surface area (Å²) >= 11 is 1.47. The summed E-state index contributed by atoms with van der Waals surface area (Å²) in [6.07, 6.45) is 0.440. The van der Waals surface area contributed by atoms with Gasteiger partial charge < -0.3 is 0 Å². The molecule has 1 saturated heterocycles. The second-order valence-electron chi connectivity index (χ2n) is 6.46. The standard InChI is InChI=1S/C19H21F2NO2S2/c1-13-3-5-16(11-14(13)2)26(23,24)22-8-7-19(25-10-9-22)17-12-15(20)4-6-18(17)21/h3-6,11-12,19H,7-10H2,1-2H3. The topological polar surface area (TPSA) is 37.4 Å². The highest BCUT2D eigenvalue weighted by Crippen LogP contribution is 2.37. The number of thioether (sulfide) groups is 1. The van der Waals surface area contributed by atoms with E-state index in [1.54, 1.807) is 18.2 Å². The van der Waals surface area contributed by atoms with E-state index in [2.05, 4.69) is 0 Å². The van der Waals surface area contributed by atoms with Crippen LogP contribution in [0.15, 0.2) is 41.3 Å². The zero-order valence-electron chi connectivity index (χ0n) is 14.7. The summed E-state index contributed by atoms with van der Waals surface area (Å²) in [5.74, 6) is -0.398. The summed E-state index contributed by atoms with van der Waals surface area (Å²) in [6.45, 7) is 4.46. The Kier molecular flexibility index (Phi) is 5.69. The Morgan fingerprint density at radius 2 is 1.81 bits per heavy atom. The van der Waals surface area contributed by atoms with E-state index < -0.39 is 21.7 Å². The number of hydrogen-bond donors (Lipinski definition) is 0. The van der Waals surface area contributed by atoms with E-state index in [1.807, 2.05) is 13.8 Å². The van der Waals surface area contributed by atoms with E-state index in [-0.39, 0.29) is 16.7 Å². The summed E-state index contributed by atoms with van der Waals surface area (Å²) in [7, 11) is -3.60. The largest absolute Gasteiger partial charge is 0.243 e. The maximum Gasteiger partial charge on any atom is 0.243 e. The zero-order valence-corrected chi connectivity index (χ0v) is 16.3. The third-order valence-corrected chi connectivity index (χ3v) is 7.93. The lowest BCUT2D eigenvalue weighted by atomic mass is 10.1. The second kappa shape index (κ2) is 7.66. The first-order valence-corrected chi connectivity index (χ1v) is 10.9. The SMILES string of the molecule is Cc1ccc(S(=O)(=O)N2CCSC(c3cc(F)ccc3F)CC2)cc1C. The van der Waals surface area contributed by atoms with Crippen LogP contribution in [0.3, 0.4) is 0 Å². The number of benzene rings is 2. The Morgan fingerprint density at radius 3 is 2.54 bits per heavy atom. The first-order chi connectivity index (χ1) is 12.3. The van der Waals surface area contributed by atoms with Gasteiger partial charge in [0.15, 0.2) is 0 Å². The van der Waals surface area contributed by atoms with Crippen molar-refractivity contribution in [1.82, 2.24) is 4.31 Å². The number of aryl methyl sites for hydroxylation is 2. The molecule has 26 heavy (non-hydrogen) atoms. The molecule has 1 unspecified atom stereocenters. The lowest BCUT2D eigenvalue weighted by Crippen LogP contribution is -2.33. The minimum Gasteiger partial charge on any atom is -0.207 e. The Balaban J connectivity index is 1.81. The molecular weight excluding hydrogens is 376 g/mol. The summed E-state index contributed by atoms with van der Waals surface area (Å²) in [4.78, 5) is 0.279. The molecule has 3 rings (SSSR count). The Bertz CT molecular complexity index is 916. The highest BCUT2D eigenvalue weighted by molar-refractivity contribution is 7.99. The smallest absolute Gasteiger partial charge is 0.207 e. The third-order valence-electron chi connectivity index (χ3n) is 4.72. The van der Waals surface area contributed by atoms with Crippen molar-refractivity contribution < 1.29 is 17.2 Å². The van der Waals surface area contributed by atoms with Crippen LogP contribution in [0.25, 0.3) is 0 Å². The predicted molar refractivity (Wildman–Crippen MR) is 101 cm³/mol. The lowest BCUT2D eigenvalue weighted by Gasteiger charge is -2.20. The molecule has 0 saturated carbocycles. The lowest BCUT2D eigenvalue weighted by molar-refractivity contribution is 0.426. The average molecular weight is 398 g/mol. The number of halogens is 2. The molecule has 140 valence electrons. The molecule has 0 aliphatic carbocycles. The van der Waals surface area contributed by atoms with Crippen molar-refractivity contribution >= 4 is 21.8 Å². The van der Waals surface area contributed by atoms with Crippen LogP contribution in [0.4, 0.5) is 8.78 Å². The minimum absolute atomic E-state index is 0.259. The Labute approximate surface area is 157 Å². The molecule has 7 heteroatoms. The van der Waals surface area contributed by atoms with Crippen molar-refractivity contribution in [3.63, 3.8) is 0 Å². The molecule has 1 heterocycles. The molecule has 0 radical (unpaired) electrons. The van der Waals surface area contributed by atoms with Crippen molar-refractivity contribution in [2.75, 3.05) is 18.8 Å². The van der Waals surface area contributed by atoms with Crippen LogP contribution in [0.5, 0.6) is 0 Å². The van der Waals surface area contributed by atoms with Gasteiger partial charge in [-0.05, 0) is 61.7 Å². The molecule has 0 aromatic heterocycles. The van der Waals surface area contributed by atoms with Gasteiger partial charge in [0, 0.05) is 29.7 Å². The fourth-order valence-corrected chi connectivity index (χ4v) is 5.92. The van der Waals surface area contributed by atoms with Gasteiger partial charge in [-0.15, -0.1) is 0 Å². The highest BCUT2D eigenvalue weighted by atomic mass is 32.2. The Hall–Kier alpha value is -1.44. The van der Waals surface area contributed by atoms with Crippen molar-refractivity contribution in [3.8, 4) is 0 Å². The number of nitrogens with zero attached hydrogens (tertiary/aromatic N) is 1. The molecule has 2 aromatic carbocycles. The minimum atomic E-state index is -3.60. The fourth-order valence-electron chi connectivity index (χ4n) is 3.02. The van der Waals surface area contributed by atoms with Gasteiger partial charge in [0.25, 0.3) is 0 Å². The number of hydrogen-bond acceptors (Lipinski definition) is 3. The van der Waals surface area contributed by atoms with Crippen LogP contribution in [0, 0.1) is 25.5 Å². The van der Waals surface area contributed by atoms with E-state index in [0.717, 1.165) is 23.3 Å². The van der Waals surface area contributed by atoms with Crippen LogP contribution in [0.2, 0.25) is 0 Å². The van der Waals surface area contributed by atoms with Gasteiger partial charge in [0.2, 0.25) is 10.0 Å². The maximum atomic E-state index is 14.1. The second-order valence-corrected chi connectivity index (χ2v) is 9.71. The van der Waals surface area contributed by atoms with Gasteiger partial charge >= 0.3 is 0 Å². The molecule has 0 N–H and O–H groups in total. The van der Waals surface area contributed by atoms with Gasteiger partial charge in [-0.25, -0.2) is 17.2 Å². The summed E-state index contributed by atoms with van der Waals surface area (Å²) in [6, 6.07) is 8.54. The van der Waals surface area contributed by atoms with E-state index >= 15 is 0 Å². The van der Waals surface area contributed by atoms with Crippen molar-refractivity contribution in [1.29, 1.82) is 0 Å². The van der Waals surface area contributed by atoms with E-state index in [1.165, 1.54) is 22.1 Å². The van der Waals surface area contributed by atoms with Crippen LogP contribution in [-0.4, -0.2) is 31.6 Å². The molecule has 1 aliphatic rings. The Morgan fingerprint density at radius 1 is 1.04 bits per heavy atom. The molecule has 1 aliphatic heterocycles. The number of sulfonamides is 1. The first kappa shape index (κ1) is 19.3. The van der Waals surface area contributed by atoms with Crippen molar-refractivity contribution in [2.45, 2.75) is 30.4 Å². The quantitative estimate of drug-likeness (QED) is 0.768. The van der Waals surface area contributed by atoms with Gasteiger partial charge in [-0.1, -0.05) is 6.07 Å². The molecule has 1 atom stereocenters. The molecule has 3 nitrogen and oxygen atoms in total. The molecular formula is C19H21F2NO2S2. The van der Waals surface area contributed by atoms with Crippen molar-refractivity contribution in [3.05, 3.63) is 64.7 Å². The van der Waals surface area contributed by atoms with E-state index in [9.17, 15) is 17.2 Å². The normalized spacial score (nSPS) is 19.3. The fraction of sp³-hybridized carbons (Fsp3) is 0.368. The van der Waals surface area contributed by atoms with Crippen LogP contribution < -0.4 is 0 Å². The van der Waals surface area contributed by atoms with Gasteiger partial charge in [-0.2, -0.15) is 16.1 Å². The van der Waals surface area contributed by atoms with Crippen LogP contribution in [-0.2, 0) is 10.0 Å². The summed E-state index contributed by atoms with van der Waals surface area (Å²) in [5, 5.41) is -0.259. The highest BCUT2D eigenvalue weighted by Gasteiger charge is 2.29. The van der Waals surface area contributed by atoms with Gasteiger partial charge in [0.1, 0.15) is 11.6 Å². The average Bonchev–Trinajstić information content (AvgIpc) is 2.86. The van der Waals surface area contributed by atoms with Gasteiger partial charge in [0.05, 0.1) is 4.90 Å². The third kappa shape index (κ3) is 3.94. The zero-order chi connectivity index (χ0) is 18.9.